The van der Waals surface area contributed by atoms with Crippen LogP contribution in [0.5, 0.6) is 5.75 Å². The quantitative estimate of drug-likeness (QED) is 0.433. The summed E-state index contributed by atoms with van der Waals surface area (Å²) in [6.07, 6.45) is 1.43. The molecule has 0 aliphatic carbocycles. The number of nitrogens with zero attached hydrogens (tertiary/aromatic N) is 1. The average molecular weight is 442 g/mol. The summed E-state index contributed by atoms with van der Waals surface area (Å²) in [6.45, 7) is 0. The molecule has 138 valence electrons. The number of carbonyl (C=O) groups excluding carboxylic acids is 2. The third-order valence-electron chi connectivity index (χ3n) is 3.75. The molecule has 2 aromatic rings. The standard InChI is InChI=1S/C18H11Cl3N2O3S/c1-26-15-5-2-9(7-14(15)21)6-11-16(24)22-18(27)23(17(11)25)10-3-4-12(19)13(20)8-10/h2-8H,1H3,(H,22,24,27)/b11-6-. The van der Waals surface area contributed by atoms with Gasteiger partial charge >= 0.3 is 0 Å². The Labute approximate surface area is 175 Å². The second-order valence-electron chi connectivity index (χ2n) is 5.45. The fourth-order valence-electron chi connectivity index (χ4n) is 2.46. The molecule has 1 aliphatic heterocycles. The molecule has 0 saturated carbocycles. The van der Waals surface area contributed by atoms with Crippen molar-refractivity contribution in [1.82, 2.24) is 5.32 Å². The van der Waals surface area contributed by atoms with Gasteiger partial charge in [0.1, 0.15) is 11.3 Å². The van der Waals surface area contributed by atoms with E-state index < -0.39 is 11.8 Å². The lowest BCUT2D eigenvalue weighted by atomic mass is 10.1. The maximum Gasteiger partial charge on any atom is 0.270 e. The summed E-state index contributed by atoms with van der Waals surface area (Å²) in [5, 5.41) is 3.40. The maximum absolute atomic E-state index is 12.9. The number of hydrogen-bond donors (Lipinski definition) is 1. The smallest absolute Gasteiger partial charge is 0.270 e. The van der Waals surface area contributed by atoms with Gasteiger partial charge in [-0.15, -0.1) is 0 Å². The van der Waals surface area contributed by atoms with Crippen molar-refractivity contribution in [1.29, 1.82) is 0 Å². The molecule has 0 unspecified atom stereocenters. The Bertz CT molecular complexity index is 1010. The number of benzene rings is 2. The fourth-order valence-corrected chi connectivity index (χ4v) is 3.29. The van der Waals surface area contributed by atoms with E-state index in [2.05, 4.69) is 5.32 Å². The molecule has 3 rings (SSSR count). The highest BCUT2D eigenvalue weighted by molar-refractivity contribution is 7.80. The Balaban J connectivity index is 2.01. The number of thiocarbonyl (C=S) groups is 1. The first-order valence-electron chi connectivity index (χ1n) is 7.52. The Morgan fingerprint density at radius 1 is 1.04 bits per heavy atom. The lowest BCUT2D eigenvalue weighted by Gasteiger charge is -2.29. The minimum absolute atomic E-state index is 0.0479. The van der Waals surface area contributed by atoms with Gasteiger partial charge < -0.3 is 4.74 Å². The van der Waals surface area contributed by atoms with Gasteiger partial charge in [-0.05, 0) is 54.2 Å². The van der Waals surface area contributed by atoms with E-state index in [1.165, 1.54) is 30.2 Å². The highest BCUT2D eigenvalue weighted by Crippen LogP contribution is 2.30. The van der Waals surface area contributed by atoms with Crippen LogP contribution in [0.2, 0.25) is 15.1 Å². The van der Waals surface area contributed by atoms with Gasteiger partial charge in [0.15, 0.2) is 5.11 Å². The number of methoxy groups -OCH3 is 1. The van der Waals surface area contributed by atoms with Crippen molar-refractivity contribution in [2.75, 3.05) is 12.0 Å². The van der Waals surface area contributed by atoms with Crippen LogP contribution in [-0.2, 0) is 9.59 Å². The predicted molar refractivity (Wildman–Crippen MR) is 111 cm³/mol. The minimum Gasteiger partial charge on any atom is -0.495 e. The zero-order valence-electron chi connectivity index (χ0n) is 13.8. The topological polar surface area (TPSA) is 58.6 Å². The lowest BCUT2D eigenvalue weighted by Crippen LogP contribution is -2.54. The number of rotatable bonds is 3. The van der Waals surface area contributed by atoms with E-state index in [9.17, 15) is 9.59 Å². The SMILES string of the molecule is COc1ccc(/C=C2/C(=O)NC(=S)N(c3ccc(Cl)c(Cl)c3)C2=O)cc1Cl. The Morgan fingerprint density at radius 3 is 2.41 bits per heavy atom. The van der Waals surface area contributed by atoms with Crippen LogP contribution in [0.25, 0.3) is 6.08 Å². The molecule has 0 radical (unpaired) electrons. The number of hydrogen-bond acceptors (Lipinski definition) is 4. The van der Waals surface area contributed by atoms with Gasteiger partial charge in [0.05, 0.1) is 27.9 Å². The highest BCUT2D eigenvalue weighted by atomic mass is 35.5. The van der Waals surface area contributed by atoms with E-state index in [0.29, 0.717) is 27.0 Å². The summed E-state index contributed by atoms with van der Waals surface area (Å²) in [6, 6.07) is 9.52. The summed E-state index contributed by atoms with van der Waals surface area (Å²) in [5.74, 6) is -0.709. The van der Waals surface area contributed by atoms with Gasteiger partial charge in [0.25, 0.3) is 11.8 Å². The van der Waals surface area contributed by atoms with Crippen LogP contribution >= 0.6 is 47.0 Å². The van der Waals surface area contributed by atoms with Crippen molar-refractivity contribution in [2.45, 2.75) is 0 Å². The van der Waals surface area contributed by atoms with Gasteiger partial charge in [0.2, 0.25) is 0 Å². The zero-order valence-corrected chi connectivity index (χ0v) is 16.8. The van der Waals surface area contributed by atoms with E-state index in [1.54, 1.807) is 24.3 Å². The van der Waals surface area contributed by atoms with Gasteiger partial charge in [-0.25, -0.2) is 0 Å². The first kappa shape index (κ1) is 19.6. The summed E-state index contributed by atoms with van der Waals surface area (Å²) >= 11 is 23.2. The molecule has 0 aromatic heterocycles. The van der Waals surface area contributed by atoms with Crippen LogP contribution < -0.4 is 15.0 Å². The first-order chi connectivity index (χ1) is 12.8. The van der Waals surface area contributed by atoms with E-state index in [4.69, 9.17) is 51.8 Å². The number of nitrogens with one attached hydrogen (secondary N) is 1. The van der Waals surface area contributed by atoms with Crippen LogP contribution in [0.1, 0.15) is 5.56 Å². The van der Waals surface area contributed by atoms with Crippen LogP contribution in [0.3, 0.4) is 0 Å². The van der Waals surface area contributed by atoms with E-state index in [-0.39, 0.29) is 15.7 Å². The zero-order chi connectivity index (χ0) is 19.7. The molecule has 9 heteroatoms. The molecule has 1 saturated heterocycles. The molecule has 0 atom stereocenters. The highest BCUT2D eigenvalue weighted by Gasteiger charge is 2.34. The van der Waals surface area contributed by atoms with E-state index in [1.807, 2.05) is 0 Å². The number of halogens is 3. The van der Waals surface area contributed by atoms with Crippen LogP contribution in [-0.4, -0.2) is 24.0 Å². The van der Waals surface area contributed by atoms with Gasteiger partial charge in [0, 0.05) is 0 Å². The third-order valence-corrected chi connectivity index (χ3v) is 5.07. The van der Waals surface area contributed by atoms with Gasteiger partial charge in [-0.1, -0.05) is 40.9 Å². The Morgan fingerprint density at radius 2 is 1.78 bits per heavy atom. The molecular weight excluding hydrogens is 431 g/mol. The Kier molecular flexibility index (Phi) is 5.72. The van der Waals surface area contributed by atoms with Crippen molar-refractivity contribution >= 4 is 75.7 Å². The van der Waals surface area contributed by atoms with E-state index in [0.717, 1.165) is 0 Å². The van der Waals surface area contributed by atoms with Crippen molar-refractivity contribution in [3.05, 3.63) is 62.6 Å². The second-order valence-corrected chi connectivity index (χ2v) is 7.06. The number of ether oxygens (including phenoxy) is 1. The summed E-state index contributed by atoms with van der Waals surface area (Å²) < 4.78 is 5.09. The van der Waals surface area contributed by atoms with Crippen LogP contribution in [0, 0.1) is 0 Å². The summed E-state index contributed by atoms with van der Waals surface area (Å²) in [5.41, 5.74) is 0.843. The summed E-state index contributed by atoms with van der Waals surface area (Å²) in [7, 11) is 1.49. The first-order valence-corrected chi connectivity index (χ1v) is 9.06. The molecule has 1 N–H and O–H groups in total. The molecule has 27 heavy (non-hydrogen) atoms. The second kappa shape index (κ2) is 7.86. The maximum atomic E-state index is 12.9. The molecular formula is C18H11Cl3N2O3S. The fraction of sp³-hybridized carbons (Fsp3) is 0.0556. The lowest BCUT2D eigenvalue weighted by molar-refractivity contribution is -0.122. The van der Waals surface area contributed by atoms with Gasteiger partial charge in [-0.3, -0.25) is 19.8 Å². The minimum atomic E-state index is -0.603. The molecule has 0 bridgehead atoms. The largest absolute Gasteiger partial charge is 0.495 e. The van der Waals surface area contributed by atoms with Crippen LogP contribution in [0.15, 0.2) is 42.0 Å². The monoisotopic (exact) mass is 440 g/mol. The molecule has 1 heterocycles. The molecule has 5 nitrogen and oxygen atoms in total. The average Bonchev–Trinajstić information content (AvgIpc) is 2.61. The molecule has 0 spiro atoms. The summed E-state index contributed by atoms with van der Waals surface area (Å²) in [4.78, 5) is 26.4. The third kappa shape index (κ3) is 3.94. The number of anilines is 1. The van der Waals surface area contributed by atoms with Crippen molar-refractivity contribution in [2.24, 2.45) is 0 Å². The van der Waals surface area contributed by atoms with Gasteiger partial charge in [-0.2, -0.15) is 0 Å². The molecule has 2 amide bonds. The molecule has 1 aliphatic rings. The van der Waals surface area contributed by atoms with Crippen LogP contribution in [0.4, 0.5) is 5.69 Å². The molecule has 2 aromatic carbocycles. The van der Waals surface area contributed by atoms with Crippen molar-refractivity contribution in [3.8, 4) is 5.75 Å². The van der Waals surface area contributed by atoms with E-state index >= 15 is 0 Å². The number of amides is 2. The predicted octanol–water partition coefficient (Wildman–Crippen LogP) is 4.49. The Hall–Kier alpha value is -2.12. The number of carbonyl (C=O) groups is 2. The molecule has 1 fully saturated rings. The van der Waals surface area contributed by atoms with Crippen molar-refractivity contribution < 1.29 is 14.3 Å². The normalized spacial score (nSPS) is 15.9. The van der Waals surface area contributed by atoms with Crippen molar-refractivity contribution in [3.63, 3.8) is 0 Å².